The van der Waals surface area contributed by atoms with Gasteiger partial charge in [0.1, 0.15) is 12.1 Å². The number of carbonyl (C=O) groups excluding carboxylic acids is 1. The van der Waals surface area contributed by atoms with E-state index in [0.29, 0.717) is 27.9 Å². The lowest BCUT2D eigenvalue weighted by molar-refractivity contribution is -0.117. The van der Waals surface area contributed by atoms with Crippen LogP contribution in [0.5, 0.6) is 0 Å². The largest absolute Gasteiger partial charge is 0.300 e. The van der Waals surface area contributed by atoms with Crippen LogP contribution in [0.25, 0.3) is 10.9 Å². The molecule has 0 unspecified atom stereocenters. The summed E-state index contributed by atoms with van der Waals surface area (Å²) in [5.74, 6) is 1.04. The van der Waals surface area contributed by atoms with Crippen LogP contribution in [0.2, 0.25) is 0 Å². The molecule has 29 heavy (non-hydrogen) atoms. The van der Waals surface area contributed by atoms with Crippen LogP contribution < -0.4 is 10.9 Å². The predicted octanol–water partition coefficient (Wildman–Crippen LogP) is 2.36. The third kappa shape index (κ3) is 4.68. The minimum absolute atomic E-state index is 0.202. The van der Waals surface area contributed by atoms with Crippen LogP contribution in [-0.4, -0.2) is 43.9 Å². The molecule has 1 saturated heterocycles. The van der Waals surface area contributed by atoms with Gasteiger partial charge in [-0.05, 0) is 30.4 Å². The van der Waals surface area contributed by atoms with Gasteiger partial charge in [0, 0.05) is 25.0 Å². The highest BCUT2D eigenvalue weighted by Gasteiger charge is 2.22. The van der Waals surface area contributed by atoms with Crippen LogP contribution in [-0.2, 0) is 17.9 Å². The predicted molar refractivity (Wildman–Crippen MR) is 113 cm³/mol. The van der Waals surface area contributed by atoms with Crippen molar-refractivity contribution in [3.8, 4) is 0 Å². The molecule has 0 aliphatic carbocycles. The molecular formula is C20H24N6O2S. The number of aromatic nitrogens is 4. The van der Waals surface area contributed by atoms with E-state index in [9.17, 15) is 9.59 Å². The molecule has 0 radical (unpaired) electrons. The Morgan fingerprint density at radius 3 is 2.79 bits per heavy atom. The molecule has 1 aromatic carbocycles. The zero-order valence-corrected chi connectivity index (χ0v) is 17.4. The van der Waals surface area contributed by atoms with Crippen molar-refractivity contribution in [1.29, 1.82) is 0 Å². The van der Waals surface area contributed by atoms with Crippen molar-refractivity contribution in [2.45, 2.75) is 33.4 Å². The Hall–Kier alpha value is -2.65. The highest BCUT2D eigenvalue weighted by Crippen LogP contribution is 2.24. The van der Waals surface area contributed by atoms with Gasteiger partial charge in [0.25, 0.3) is 5.56 Å². The highest BCUT2D eigenvalue weighted by molar-refractivity contribution is 7.13. The molecule has 1 amide bonds. The molecule has 9 heteroatoms. The summed E-state index contributed by atoms with van der Waals surface area (Å²) < 4.78 is 1.07. The Morgan fingerprint density at radius 2 is 2.00 bits per heavy atom. The van der Waals surface area contributed by atoms with Gasteiger partial charge in [0.05, 0.1) is 11.1 Å². The second kappa shape index (κ2) is 8.38. The van der Waals surface area contributed by atoms with Crippen molar-refractivity contribution in [2.75, 3.05) is 18.4 Å². The first kappa shape index (κ1) is 19.7. The second-order valence-electron chi connectivity index (χ2n) is 7.90. The number of hydrogen-bond donors (Lipinski definition) is 1. The van der Waals surface area contributed by atoms with Crippen LogP contribution in [0.4, 0.5) is 5.13 Å². The van der Waals surface area contributed by atoms with Crippen molar-refractivity contribution in [3.63, 3.8) is 0 Å². The van der Waals surface area contributed by atoms with Crippen LogP contribution in [0.1, 0.15) is 26.0 Å². The summed E-state index contributed by atoms with van der Waals surface area (Å²) in [7, 11) is 0. The molecule has 1 aliphatic rings. The third-order valence-corrected chi connectivity index (χ3v) is 5.86. The van der Waals surface area contributed by atoms with Gasteiger partial charge in [-0.1, -0.05) is 31.2 Å². The molecule has 1 N–H and O–H groups in total. The molecule has 0 saturated carbocycles. The number of piperidine rings is 1. The van der Waals surface area contributed by atoms with Crippen LogP contribution in [0.15, 0.2) is 34.4 Å². The first-order chi connectivity index (χ1) is 14.0. The van der Waals surface area contributed by atoms with E-state index in [-0.39, 0.29) is 18.0 Å². The zero-order valence-electron chi connectivity index (χ0n) is 16.5. The van der Waals surface area contributed by atoms with Gasteiger partial charge in [0.15, 0.2) is 5.13 Å². The number of amides is 1. The van der Waals surface area contributed by atoms with E-state index >= 15 is 0 Å². The topological polar surface area (TPSA) is 93.0 Å². The fraction of sp³-hybridized carbons (Fsp3) is 0.450. The van der Waals surface area contributed by atoms with Gasteiger partial charge in [-0.25, -0.2) is 9.67 Å². The lowest BCUT2D eigenvalue weighted by Gasteiger charge is -2.34. The van der Waals surface area contributed by atoms with Crippen molar-refractivity contribution in [1.82, 2.24) is 24.9 Å². The first-order valence-electron chi connectivity index (χ1n) is 9.77. The molecule has 152 valence electrons. The van der Waals surface area contributed by atoms with Gasteiger partial charge < -0.3 is 5.32 Å². The van der Waals surface area contributed by atoms with Gasteiger partial charge in [0.2, 0.25) is 5.91 Å². The Kier molecular flexibility index (Phi) is 5.68. The number of benzene rings is 1. The molecule has 4 rings (SSSR count). The van der Waals surface area contributed by atoms with Gasteiger partial charge in [-0.3, -0.25) is 14.5 Å². The van der Waals surface area contributed by atoms with E-state index < -0.39 is 0 Å². The van der Waals surface area contributed by atoms with E-state index in [1.165, 1.54) is 17.8 Å². The molecular weight excluding hydrogens is 388 g/mol. The number of anilines is 1. The average molecular weight is 413 g/mol. The molecule has 0 spiro atoms. The Labute approximate surface area is 172 Å². The number of likely N-dealkylation sites (tertiary alicyclic amines) is 1. The smallest absolute Gasteiger partial charge is 0.278 e. The summed E-state index contributed by atoms with van der Waals surface area (Å²) >= 11 is 1.39. The second-order valence-corrected chi connectivity index (χ2v) is 8.76. The molecule has 1 fully saturated rings. The van der Waals surface area contributed by atoms with Crippen LogP contribution in [0.3, 0.4) is 0 Å². The number of nitrogens with one attached hydrogen (secondary N) is 1. The summed E-state index contributed by atoms with van der Waals surface area (Å²) in [4.78, 5) is 31.8. The summed E-state index contributed by atoms with van der Waals surface area (Å²) in [6.45, 7) is 7.31. The average Bonchev–Trinajstić information content (AvgIpc) is 3.10. The standard InChI is InChI=1S/C20H24N6O2S/c1-13-7-14(2)9-25(8-13)10-15-12-29-20(21-15)22-18(27)11-26-19(28)16-5-3-4-6-17(16)23-24-26/h3-6,12-14H,7-11H2,1-2H3,(H,21,22,27)/t13-,14+. The maximum Gasteiger partial charge on any atom is 0.278 e. The number of thiazole rings is 1. The molecule has 3 aromatic rings. The van der Waals surface area contributed by atoms with E-state index in [1.54, 1.807) is 24.3 Å². The number of fused-ring (bicyclic) bond motifs is 1. The molecule has 2 aromatic heterocycles. The molecule has 3 heterocycles. The fourth-order valence-corrected chi connectivity index (χ4v) is 4.73. The number of rotatable bonds is 5. The summed E-state index contributed by atoms with van der Waals surface area (Å²) in [6, 6.07) is 6.95. The maximum atomic E-state index is 12.5. The molecule has 2 atom stereocenters. The normalized spacial score (nSPS) is 20.1. The van der Waals surface area contributed by atoms with E-state index in [1.807, 2.05) is 5.38 Å². The monoisotopic (exact) mass is 412 g/mol. The van der Waals surface area contributed by atoms with Crippen LogP contribution in [0, 0.1) is 11.8 Å². The minimum Gasteiger partial charge on any atom is -0.300 e. The molecule has 0 bridgehead atoms. The Morgan fingerprint density at radius 1 is 1.24 bits per heavy atom. The fourth-order valence-electron chi connectivity index (χ4n) is 4.01. The number of carbonyl (C=O) groups is 1. The van der Waals surface area contributed by atoms with Crippen molar-refractivity contribution in [2.24, 2.45) is 11.8 Å². The highest BCUT2D eigenvalue weighted by atomic mass is 32.1. The first-order valence-corrected chi connectivity index (χ1v) is 10.6. The number of hydrogen-bond acceptors (Lipinski definition) is 7. The lowest BCUT2D eigenvalue weighted by atomic mass is 9.92. The molecule has 8 nitrogen and oxygen atoms in total. The van der Waals surface area contributed by atoms with E-state index in [2.05, 4.69) is 39.4 Å². The van der Waals surface area contributed by atoms with Crippen LogP contribution >= 0.6 is 11.3 Å². The zero-order chi connectivity index (χ0) is 20.4. The summed E-state index contributed by atoms with van der Waals surface area (Å²) in [5, 5.41) is 13.6. The van der Waals surface area contributed by atoms with Crippen molar-refractivity contribution < 1.29 is 4.79 Å². The van der Waals surface area contributed by atoms with E-state index in [0.717, 1.165) is 30.0 Å². The van der Waals surface area contributed by atoms with Gasteiger partial charge in [-0.15, -0.1) is 16.4 Å². The summed E-state index contributed by atoms with van der Waals surface area (Å²) in [6.07, 6.45) is 1.27. The Bertz CT molecular complexity index is 1070. The molecule has 1 aliphatic heterocycles. The van der Waals surface area contributed by atoms with Gasteiger partial charge >= 0.3 is 0 Å². The third-order valence-electron chi connectivity index (χ3n) is 5.05. The summed E-state index contributed by atoms with van der Waals surface area (Å²) in [5.41, 5.74) is 1.13. The number of nitrogens with zero attached hydrogens (tertiary/aromatic N) is 5. The van der Waals surface area contributed by atoms with Gasteiger partial charge in [-0.2, -0.15) is 0 Å². The van der Waals surface area contributed by atoms with Crippen molar-refractivity contribution in [3.05, 3.63) is 45.7 Å². The SMILES string of the molecule is C[C@@H]1C[C@H](C)CN(Cc2csc(NC(=O)Cn3nnc4ccccc4c3=O)n2)C1. The minimum atomic E-state index is -0.349. The lowest BCUT2D eigenvalue weighted by Crippen LogP contribution is -2.38. The quantitative estimate of drug-likeness (QED) is 0.692. The Balaban J connectivity index is 1.38. The van der Waals surface area contributed by atoms with Crippen molar-refractivity contribution >= 4 is 33.3 Å². The maximum absolute atomic E-state index is 12.5. The van der Waals surface area contributed by atoms with E-state index in [4.69, 9.17) is 0 Å².